The molecule has 1 saturated carbocycles. The Morgan fingerprint density at radius 2 is 2.00 bits per heavy atom. The molecule has 0 aliphatic heterocycles. The predicted molar refractivity (Wildman–Crippen MR) is 70.2 cm³/mol. The molecule has 2 nitrogen and oxygen atoms in total. The van der Waals surface area contributed by atoms with Crippen molar-refractivity contribution in [2.45, 2.75) is 58.8 Å². The van der Waals surface area contributed by atoms with E-state index >= 15 is 0 Å². The number of aromatic nitrogens is 1. The first-order chi connectivity index (χ1) is 8.61. The molecule has 0 spiro atoms. The van der Waals surface area contributed by atoms with E-state index in [2.05, 4.69) is 24.1 Å². The molecule has 0 saturated heterocycles. The van der Waals surface area contributed by atoms with Gasteiger partial charge in [0.15, 0.2) is 5.69 Å². The minimum Gasteiger partial charge on any atom is -0.310 e. The van der Waals surface area contributed by atoms with Crippen LogP contribution in [0.4, 0.5) is 13.2 Å². The summed E-state index contributed by atoms with van der Waals surface area (Å²) in [7, 11) is 0. The van der Waals surface area contributed by atoms with Crippen molar-refractivity contribution in [2.75, 3.05) is 0 Å². The van der Waals surface area contributed by atoms with Gasteiger partial charge in [-0.2, -0.15) is 13.2 Å². The van der Waals surface area contributed by atoms with E-state index < -0.39 is 11.9 Å². The molecule has 2 rings (SSSR count). The molecule has 1 aromatic heterocycles. The van der Waals surface area contributed by atoms with E-state index in [0.29, 0.717) is 9.88 Å². The van der Waals surface area contributed by atoms with Crippen molar-refractivity contribution in [1.82, 2.24) is 10.3 Å². The van der Waals surface area contributed by atoms with E-state index in [1.54, 1.807) is 0 Å². The van der Waals surface area contributed by atoms with E-state index in [-0.39, 0.29) is 23.9 Å². The second-order valence-corrected chi connectivity index (χ2v) is 7.22. The van der Waals surface area contributed by atoms with Crippen LogP contribution in [0.2, 0.25) is 0 Å². The predicted octanol–water partition coefficient (Wildman–Crippen LogP) is 4.17. The Morgan fingerprint density at radius 1 is 1.42 bits per heavy atom. The largest absolute Gasteiger partial charge is 0.434 e. The zero-order chi connectivity index (χ0) is 14.4. The maximum Gasteiger partial charge on any atom is 0.434 e. The highest BCUT2D eigenvalue weighted by molar-refractivity contribution is 7.11. The lowest BCUT2D eigenvalue weighted by molar-refractivity contribution is -0.141. The Labute approximate surface area is 115 Å². The summed E-state index contributed by atoms with van der Waals surface area (Å²) in [4.78, 5) is 4.18. The molecule has 1 aliphatic carbocycles. The third-order valence-electron chi connectivity index (χ3n) is 3.46. The summed E-state index contributed by atoms with van der Waals surface area (Å²) in [6.45, 7) is 8.20. The zero-order valence-corrected chi connectivity index (χ0v) is 12.4. The summed E-state index contributed by atoms with van der Waals surface area (Å²) in [6, 6.07) is 0.156. The number of alkyl halides is 3. The second-order valence-electron chi connectivity index (χ2n) is 6.10. The van der Waals surface area contributed by atoms with Crippen LogP contribution >= 0.6 is 11.3 Å². The van der Waals surface area contributed by atoms with Gasteiger partial charge in [0.1, 0.15) is 0 Å². The number of hydrogen-bond acceptors (Lipinski definition) is 3. The smallest absolute Gasteiger partial charge is 0.310 e. The summed E-state index contributed by atoms with van der Waals surface area (Å²) in [5.74, 6) is 0.186. The highest BCUT2D eigenvalue weighted by Gasteiger charge is 2.50. The average Bonchev–Trinajstić information content (AvgIpc) is 2.73. The molecular formula is C13H19F3N2S. The quantitative estimate of drug-likeness (QED) is 0.900. The molecule has 0 amide bonds. The SMILES string of the molecule is CC(C)NCc1sc(C2CC2(C)C)nc1C(F)(F)F. The first-order valence-electron chi connectivity index (χ1n) is 6.41. The van der Waals surface area contributed by atoms with Crippen LogP contribution in [0.15, 0.2) is 0 Å². The summed E-state index contributed by atoms with van der Waals surface area (Å²) in [6.07, 6.45) is -3.43. The van der Waals surface area contributed by atoms with E-state index in [4.69, 9.17) is 0 Å². The van der Waals surface area contributed by atoms with Crippen LogP contribution in [0, 0.1) is 5.41 Å². The fraction of sp³-hybridized carbons (Fsp3) is 0.769. The van der Waals surface area contributed by atoms with Crippen LogP contribution in [0.3, 0.4) is 0 Å². The number of rotatable bonds is 4. The van der Waals surface area contributed by atoms with Crippen molar-refractivity contribution in [1.29, 1.82) is 0 Å². The number of hydrogen-bond donors (Lipinski definition) is 1. The van der Waals surface area contributed by atoms with Crippen LogP contribution in [-0.2, 0) is 12.7 Å². The molecule has 6 heteroatoms. The highest BCUT2D eigenvalue weighted by atomic mass is 32.1. The summed E-state index contributed by atoms with van der Waals surface area (Å²) >= 11 is 1.21. The number of thiazole rings is 1. The molecule has 1 aliphatic rings. The monoisotopic (exact) mass is 292 g/mol. The van der Waals surface area contributed by atoms with Crippen LogP contribution in [0.25, 0.3) is 0 Å². The molecular weight excluding hydrogens is 273 g/mol. The molecule has 1 aromatic rings. The zero-order valence-electron chi connectivity index (χ0n) is 11.6. The van der Waals surface area contributed by atoms with Gasteiger partial charge in [-0.05, 0) is 11.8 Å². The van der Waals surface area contributed by atoms with E-state index in [1.165, 1.54) is 11.3 Å². The van der Waals surface area contributed by atoms with Crippen LogP contribution < -0.4 is 5.32 Å². The molecule has 108 valence electrons. The van der Waals surface area contributed by atoms with Crippen molar-refractivity contribution < 1.29 is 13.2 Å². The first-order valence-corrected chi connectivity index (χ1v) is 7.23. The fourth-order valence-electron chi connectivity index (χ4n) is 2.05. The van der Waals surface area contributed by atoms with E-state index in [1.807, 2.05) is 13.8 Å². The van der Waals surface area contributed by atoms with Gasteiger partial charge in [-0.25, -0.2) is 4.98 Å². The maximum absolute atomic E-state index is 13.0. The van der Waals surface area contributed by atoms with Gasteiger partial charge in [-0.3, -0.25) is 0 Å². The van der Waals surface area contributed by atoms with Gasteiger partial charge in [0.2, 0.25) is 0 Å². The van der Waals surface area contributed by atoms with Gasteiger partial charge in [-0.15, -0.1) is 11.3 Å². The van der Waals surface area contributed by atoms with Crippen molar-refractivity contribution in [3.63, 3.8) is 0 Å². The second kappa shape index (κ2) is 4.74. The highest BCUT2D eigenvalue weighted by Crippen LogP contribution is 2.59. The van der Waals surface area contributed by atoms with Crippen molar-refractivity contribution in [3.8, 4) is 0 Å². The van der Waals surface area contributed by atoms with Gasteiger partial charge in [0.05, 0.1) is 9.88 Å². The molecule has 0 aromatic carbocycles. The summed E-state index contributed by atoms with van der Waals surface area (Å²) < 4.78 is 38.9. The summed E-state index contributed by atoms with van der Waals surface area (Å²) in [5, 5.41) is 3.67. The van der Waals surface area contributed by atoms with Crippen LogP contribution in [0.5, 0.6) is 0 Å². The fourth-order valence-corrected chi connectivity index (χ4v) is 3.39. The number of nitrogens with zero attached hydrogens (tertiary/aromatic N) is 1. The lowest BCUT2D eigenvalue weighted by Crippen LogP contribution is -2.23. The van der Waals surface area contributed by atoms with Gasteiger partial charge in [0.25, 0.3) is 0 Å². The standard InChI is InChI=1S/C13H19F3N2S/c1-7(2)17-6-9-10(13(14,15)16)18-11(19-9)8-5-12(8,3)4/h7-8,17H,5-6H2,1-4H3. The number of halogens is 3. The minimum atomic E-state index is -4.36. The number of nitrogens with one attached hydrogen (secondary N) is 1. The lowest BCUT2D eigenvalue weighted by Gasteiger charge is -2.09. The van der Waals surface area contributed by atoms with Crippen molar-refractivity contribution in [2.24, 2.45) is 5.41 Å². The molecule has 1 fully saturated rings. The van der Waals surface area contributed by atoms with E-state index in [9.17, 15) is 13.2 Å². The molecule has 1 heterocycles. The minimum absolute atomic E-state index is 0.101. The first kappa shape index (κ1) is 14.8. The molecule has 1 atom stereocenters. The Hall–Kier alpha value is -0.620. The maximum atomic E-state index is 13.0. The Morgan fingerprint density at radius 3 is 2.42 bits per heavy atom. The van der Waals surface area contributed by atoms with Crippen molar-refractivity contribution in [3.05, 3.63) is 15.6 Å². The Bertz CT molecular complexity index is 463. The normalized spacial score (nSPS) is 22.0. The topological polar surface area (TPSA) is 24.9 Å². The lowest BCUT2D eigenvalue weighted by atomic mass is 10.1. The Balaban J connectivity index is 2.25. The van der Waals surface area contributed by atoms with Gasteiger partial charge >= 0.3 is 6.18 Å². The molecule has 0 radical (unpaired) electrons. The van der Waals surface area contributed by atoms with Crippen LogP contribution in [0.1, 0.15) is 55.6 Å². The molecule has 0 bridgehead atoms. The Kier molecular flexibility index (Phi) is 3.68. The van der Waals surface area contributed by atoms with Crippen molar-refractivity contribution >= 4 is 11.3 Å². The molecule has 19 heavy (non-hydrogen) atoms. The third-order valence-corrected chi connectivity index (χ3v) is 4.63. The van der Waals surface area contributed by atoms with Gasteiger partial charge in [0, 0.05) is 18.5 Å². The molecule has 1 N–H and O–H groups in total. The van der Waals surface area contributed by atoms with Crippen LogP contribution in [-0.4, -0.2) is 11.0 Å². The third kappa shape index (κ3) is 3.28. The van der Waals surface area contributed by atoms with Gasteiger partial charge < -0.3 is 5.32 Å². The summed E-state index contributed by atoms with van der Waals surface area (Å²) in [5.41, 5.74) is -0.605. The average molecular weight is 292 g/mol. The molecule has 1 unspecified atom stereocenters. The van der Waals surface area contributed by atoms with E-state index in [0.717, 1.165) is 6.42 Å². The van der Waals surface area contributed by atoms with Gasteiger partial charge in [-0.1, -0.05) is 27.7 Å².